The molecule has 3 nitrogen and oxygen atoms in total. The molecule has 0 amide bonds. The lowest BCUT2D eigenvalue weighted by atomic mass is 9.72. The Balaban J connectivity index is 2.54. The maximum absolute atomic E-state index is 13.0. The first-order chi connectivity index (χ1) is 12.3. The minimum atomic E-state index is -0.260. The number of hydrogen-bond acceptors (Lipinski definition) is 3. The summed E-state index contributed by atoms with van der Waals surface area (Å²) in [6.07, 6.45) is 3.85. The van der Waals surface area contributed by atoms with Crippen LogP contribution in [0.5, 0.6) is 0 Å². The molecule has 0 spiro atoms. The van der Waals surface area contributed by atoms with Gasteiger partial charge in [0.25, 0.3) is 0 Å². The molecule has 0 saturated carbocycles. The van der Waals surface area contributed by atoms with Gasteiger partial charge in [0, 0.05) is 16.2 Å². The van der Waals surface area contributed by atoms with Crippen LogP contribution < -0.4 is 0 Å². The lowest BCUT2D eigenvalue weighted by Gasteiger charge is -2.31. The molecular formula is C22H26Cl2N2O. The van der Waals surface area contributed by atoms with Gasteiger partial charge in [-0.05, 0) is 53.7 Å². The first-order valence-electron chi connectivity index (χ1n) is 8.87. The second kappa shape index (κ2) is 7.73. The molecule has 1 aromatic rings. The van der Waals surface area contributed by atoms with E-state index in [0.29, 0.717) is 15.7 Å². The zero-order valence-electron chi connectivity index (χ0n) is 16.9. The highest BCUT2D eigenvalue weighted by Crippen LogP contribution is 2.39. The summed E-state index contributed by atoms with van der Waals surface area (Å²) in [7, 11) is 0. The summed E-state index contributed by atoms with van der Waals surface area (Å²) in [4.78, 5) is 13.0. The molecule has 0 atom stereocenters. The Labute approximate surface area is 171 Å². The molecule has 0 unspecified atom stereocenters. The zero-order valence-corrected chi connectivity index (χ0v) is 18.5. The topological polar surface area (TPSA) is 41.8 Å². The number of benzene rings is 1. The fourth-order valence-electron chi connectivity index (χ4n) is 2.70. The molecule has 0 radical (unpaired) electrons. The van der Waals surface area contributed by atoms with Crippen LogP contribution in [-0.2, 0) is 4.79 Å². The molecule has 0 bridgehead atoms. The first kappa shape index (κ1) is 21.6. The molecule has 0 heterocycles. The maximum atomic E-state index is 13.0. The van der Waals surface area contributed by atoms with Crippen molar-refractivity contribution in [3.05, 3.63) is 62.8 Å². The Morgan fingerprint density at radius 3 is 1.89 bits per heavy atom. The molecule has 27 heavy (non-hydrogen) atoms. The molecule has 5 heteroatoms. The third-order valence-corrected chi connectivity index (χ3v) is 4.88. The van der Waals surface area contributed by atoms with Gasteiger partial charge in [0.1, 0.15) is 5.69 Å². The van der Waals surface area contributed by atoms with Crippen LogP contribution in [0.15, 0.2) is 63.0 Å². The van der Waals surface area contributed by atoms with Crippen molar-refractivity contribution >= 4 is 34.7 Å². The number of Topliss-reactive ketones (excluding diaryl/α,β-unsaturated/α-hetero) is 1. The van der Waals surface area contributed by atoms with Gasteiger partial charge in [-0.15, -0.1) is 5.11 Å². The average molecular weight is 405 g/mol. The molecule has 0 aromatic heterocycles. The Bertz CT molecular complexity index is 856. The Hall–Kier alpha value is -1.71. The highest BCUT2D eigenvalue weighted by atomic mass is 35.5. The normalized spacial score (nSPS) is 15.9. The van der Waals surface area contributed by atoms with Gasteiger partial charge in [0.05, 0.1) is 10.7 Å². The summed E-state index contributed by atoms with van der Waals surface area (Å²) in [5.41, 5.74) is 3.20. The number of azo groups is 1. The van der Waals surface area contributed by atoms with Crippen LogP contribution in [0, 0.1) is 10.8 Å². The fraction of sp³-hybridized carbons (Fsp3) is 0.409. The minimum absolute atomic E-state index is 0.101. The standard InChI is InChI=1S/C22H26Cl2N2O/c1-13(25-26-19-9-8-15(23)12-18(19)24)14-10-16(21(2,3)4)20(27)17(11-14)22(5,6)7/h8-12H,1-7H3. The van der Waals surface area contributed by atoms with E-state index in [1.165, 1.54) is 0 Å². The van der Waals surface area contributed by atoms with Crippen LogP contribution in [0.2, 0.25) is 10.0 Å². The number of carbonyl (C=O) groups is 1. The Morgan fingerprint density at radius 1 is 0.926 bits per heavy atom. The third kappa shape index (κ3) is 5.18. The molecule has 144 valence electrons. The van der Waals surface area contributed by atoms with Crippen molar-refractivity contribution in [1.82, 2.24) is 0 Å². The van der Waals surface area contributed by atoms with Crippen molar-refractivity contribution in [3.63, 3.8) is 0 Å². The molecule has 1 aliphatic carbocycles. The SMILES string of the molecule is CC(N=Nc1ccc(Cl)cc1Cl)=C1C=C(C(C)(C)C)C(=O)C(C(C)(C)C)=C1. The van der Waals surface area contributed by atoms with E-state index in [1.54, 1.807) is 18.2 Å². The number of rotatable bonds is 2. The molecule has 0 saturated heterocycles. The van der Waals surface area contributed by atoms with Crippen molar-refractivity contribution in [2.75, 3.05) is 0 Å². The fourth-order valence-corrected chi connectivity index (χ4v) is 3.15. The van der Waals surface area contributed by atoms with E-state index in [4.69, 9.17) is 23.2 Å². The van der Waals surface area contributed by atoms with Gasteiger partial charge >= 0.3 is 0 Å². The highest BCUT2D eigenvalue weighted by Gasteiger charge is 2.34. The Morgan fingerprint density at radius 2 is 1.44 bits per heavy atom. The number of allylic oxidation sites excluding steroid dienone is 6. The summed E-state index contributed by atoms with van der Waals surface area (Å²) >= 11 is 12.1. The molecular weight excluding hydrogens is 379 g/mol. The van der Waals surface area contributed by atoms with Crippen LogP contribution in [-0.4, -0.2) is 5.78 Å². The molecule has 2 rings (SSSR count). The summed E-state index contributed by atoms with van der Waals surface area (Å²) < 4.78 is 0. The molecule has 0 aliphatic heterocycles. The van der Waals surface area contributed by atoms with E-state index < -0.39 is 0 Å². The Kier molecular flexibility index (Phi) is 6.18. The predicted octanol–water partition coefficient (Wildman–Crippen LogP) is 7.88. The number of carbonyl (C=O) groups excluding carboxylic acids is 1. The molecule has 1 aromatic carbocycles. The summed E-state index contributed by atoms with van der Waals surface area (Å²) in [5, 5.41) is 9.59. The summed E-state index contributed by atoms with van der Waals surface area (Å²) in [6.45, 7) is 14.2. The lowest BCUT2D eigenvalue weighted by molar-refractivity contribution is -0.114. The van der Waals surface area contributed by atoms with E-state index in [2.05, 4.69) is 10.2 Å². The van der Waals surface area contributed by atoms with Crippen LogP contribution in [0.4, 0.5) is 5.69 Å². The third-order valence-electron chi connectivity index (χ3n) is 4.34. The van der Waals surface area contributed by atoms with Gasteiger partial charge in [-0.1, -0.05) is 64.7 Å². The zero-order chi connectivity index (χ0) is 20.6. The van der Waals surface area contributed by atoms with E-state index in [-0.39, 0.29) is 16.6 Å². The van der Waals surface area contributed by atoms with Gasteiger partial charge in [-0.25, -0.2) is 0 Å². The highest BCUT2D eigenvalue weighted by molar-refractivity contribution is 6.36. The van der Waals surface area contributed by atoms with Crippen molar-refractivity contribution in [3.8, 4) is 0 Å². The van der Waals surface area contributed by atoms with Crippen molar-refractivity contribution in [2.45, 2.75) is 48.5 Å². The van der Waals surface area contributed by atoms with Crippen LogP contribution in [0.25, 0.3) is 0 Å². The number of halogens is 2. The van der Waals surface area contributed by atoms with E-state index in [9.17, 15) is 4.79 Å². The molecule has 1 aliphatic rings. The van der Waals surface area contributed by atoms with Crippen molar-refractivity contribution < 1.29 is 4.79 Å². The summed E-state index contributed by atoms with van der Waals surface area (Å²) in [6, 6.07) is 5.08. The molecule has 0 fully saturated rings. The lowest BCUT2D eigenvalue weighted by Crippen LogP contribution is -2.28. The van der Waals surface area contributed by atoms with E-state index in [1.807, 2.05) is 60.6 Å². The van der Waals surface area contributed by atoms with Gasteiger partial charge in [-0.2, -0.15) is 5.11 Å². The predicted molar refractivity (Wildman–Crippen MR) is 114 cm³/mol. The quantitative estimate of drug-likeness (QED) is 0.462. The number of hydrogen-bond donors (Lipinski definition) is 0. The second-order valence-electron chi connectivity index (χ2n) is 8.78. The minimum Gasteiger partial charge on any atom is -0.289 e. The average Bonchev–Trinajstić information content (AvgIpc) is 2.51. The largest absolute Gasteiger partial charge is 0.289 e. The van der Waals surface area contributed by atoms with Crippen LogP contribution in [0.1, 0.15) is 48.5 Å². The van der Waals surface area contributed by atoms with Gasteiger partial charge in [0.15, 0.2) is 5.78 Å². The maximum Gasteiger partial charge on any atom is 0.186 e. The van der Waals surface area contributed by atoms with Gasteiger partial charge in [0.2, 0.25) is 0 Å². The van der Waals surface area contributed by atoms with Gasteiger partial charge < -0.3 is 0 Å². The monoisotopic (exact) mass is 404 g/mol. The number of nitrogens with zero attached hydrogens (tertiary/aromatic N) is 2. The molecule has 0 N–H and O–H groups in total. The van der Waals surface area contributed by atoms with Gasteiger partial charge in [-0.3, -0.25) is 4.79 Å². The van der Waals surface area contributed by atoms with E-state index in [0.717, 1.165) is 22.4 Å². The van der Waals surface area contributed by atoms with Crippen LogP contribution in [0.3, 0.4) is 0 Å². The first-order valence-corrected chi connectivity index (χ1v) is 9.63. The van der Waals surface area contributed by atoms with Crippen LogP contribution >= 0.6 is 23.2 Å². The summed E-state index contributed by atoms with van der Waals surface area (Å²) in [5.74, 6) is 0.101. The van der Waals surface area contributed by atoms with Crippen molar-refractivity contribution in [2.24, 2.45) is 21.1 Å². The smallest absolute Gasteiger partial charge is 0.186 e. The van der Waals surface area contributed by atoms with E-state index >= 15 is 0 Å². The second-order valence-corrected chi connectivity index (χ2v) is 9.63. The van der Waals surface area contributed by atoms with Crippen molar-refractivity contribution in [1.29, 1.82) is 0 Å². The number of ketones is 1.